The number of phenols is 1. The molecule has 11 nitrogen and oxygen atoms in total. The summed E-state index contributed by atoms with van der Waals surface area (Å²) in [6.07, 6.45) is -1.04. The maximum atomic E-state index is 14.1. The molecule has 4 rings (SSSR count). The molecule has 0 spiro atoms. The van der Waals surface area contributed by atoms with Gasteiger partial charge in [0.25, 0.3) is 0 Å². The van der Waals surface area contributed by atoms with Crippen molar-refractivity contribution in [1.82, 2.24) is 24.4 Å². The molecule has 1 saturated heterocycles. The number of carbonyl (C=O) groups excluding carboxylic acids is 2. The molecule has 1 aliphatic rings. The maximum absolute atomic E-state index is 14.1. The van der Waals surface area contributed by atoms with Gasteiger partial charge < -0.3 is 25.3 Å². The molecule has 3 atom stereocenters. The Morgan fingerprint density at radius 2 is 1.73 bits per heavy atom. The van der Waals surface area contributed by atoms with Gasteiger partial charge in [-0.15, -0.1) is 11.3 Å². The largest absolute Gasteiger partial charge is 0.508 e. The minimum atomic E-state index is -4.09. The van der Waals surface area contributed by atoms with Crippen molar-refractivity contribution >= 4 is 33.3 Å². The Bertz CT molecular complexity index is 1680. The lowest BCUT2D eigenvalue weighted by Gasteiger charge is -2.34. The SMILES string of the molecule is Cc1nc(CN2CCN(C(C(=O)N[C@@H](Cc3ccccc3)[C@H](O)CN(CC(C)C)S(=O)(=O)c3ccc(O)c(C(C)C)c3)C(C)C)C2=O)cs1. The minimum Gasteiger partial charge on any atom is -0.508 e. The molecule has 13 heteroatoms. The van der Waals surface area contributed by atoms with Crippen LogP contribution in [0.5, 0.6) is 5.75 Å². The number of nitrogens with zero attached hydrogens (tertiary/aromatic N) is 4. The topological polar surface area (TPSA) is 143 Å². The second-order valence-electron chi connectivity index (χ2n) is 13.9. The van der Waals surface area contributed by atoms with Gasteiger partial charge >= 0.3 is 6.03 Å². The lowest BCUT2D eigenvalue weighted by atomic mass is 9.97. The van der Waals surface area contributed by atoms with Crippen LogP contribution in [0.1, 0.15) is 69.3 Å². The van der Waals surface area contributed by atoms with Crippen molar-refractivity contribution in [2.75, 3.05) is 26.2 Å². The molecule has 49 heavy (non-hydrogen) atoms. The van der Waals surface area contributed by atoms with Crippen molar-refractivity contribution in [3.05, 3.63) is 75.7 Å². The Morgan fingerprint density at radius 3 is 2.33 bits per heavy atom. The van der Waals surface area contributed by atoms with Crippen LogP contribution in [0, 0.1) is 18.8 Å². The highest BCUT2D eigenvalue weighted by molar-refractivity contribution is 7.89. The summed E-state index contributed by atoms with van der Waals surface area (Å²) in [4.78, 5) is 35.4. The maximum Gasteiger partial charge on any atom is 0.321 e. The standard InChI is InChI=1S/C36H51N5O6S2/c1-23(2)19-40(49(46,47)29-13-14-32(42)30(18-29)24(3)4)21-33(43)31(17-27-11-9-8-10-12-27)38-35(44)34(25(5)6)41-16-15-39(36(41)45)20-28-22-48-26(7)37-28/h8-14,18,22-25,31,33-34,42-43H,15-17,19-21H2,1-7H3,(H,38,44)/t31-,33+,34?/m0/s1. The van der Waals surface area contributed by atoms with Gasteiger partial charge in [0, 0.05) is 31.6 Å². The van der Waals surface area contributed by atoms with Crippen molar-refractivity contribution in [1.29, 1.82) is 0 Å². The van der Waals surface area contributed by atoms with Crippen LogP contribution in [-0.2, 0) is 27.8 Å². The van der Waals surface area contributed by atoms with Crippen LogP contribution in [0.3, 0.4) is 0 Å². The number of thiazole rings is 1. The van der Waals surface area contributed by atoms with E-state index in [1.54, 1.807) is 9.80 Å². The summed E-state index contributed by atoms with van der Waals surface area (Å²) in [7, 11) is -4.09. The number of aryl methyl sites for hydroxylation is 1. The van der Waals surface area contributed by atoms with E-state index in [1.807, 2.05) is 84.2 Å². The average Bonchev–Trinajstić information content (AvgIpc) is 3.60. The number of hydrogen-bond acceptors (Lipinski definition) is 8. The van der Waals surface area contributed by atoms with Crippen molar-refractivity contribution in [2.45, 2.75) is 90.4 Å². The van der Waals surface area contributed by atoms with Gasteiger partial charge in [0.1, 0.15) is 11.8 Å². The van der Waals surface area contributed by atoms with E-state index in [9.17, 15) is 28.2 Å². The Kier molecular flexibility index (Phi) is 12.9. The third kappa shape index (κ3) is 9.59. The normalized spacial score (nSPS) is 15.9. The lowest BCUT2D eigenvalue weighted by Crippen LogP contribution is -2.57. The van der Waals surface area contributed by atoms with E-state index >= 15 is 0 Å². The third-order valence-corrected chi connectivity index (χ3v) is 11.3. The number of carbonyl (C=O) groups is 2. The molecule has 1 unspecified atom stereocenters. The summed E-state index contributed by atoms with van der Waals surface area (Å²) in [5.74, 6) is -0.791. The molecule has 1 aromatic heterocycles. The van der Waals surface area contributed by atoms with E-state index in [1.165, 1.54) is 33.8 Å². The number of rotatable bonds is 16. The fraction of sp³-hybridized carbons (Fsp3) is 0.528. The summed E-state index contributed by atoms with van der Waals surface area (Å²) in [5, 5.41) is 28.0. The van der Waals surface area contributed by atoms with E-state index in [-0.39, 0.29) is 53.9 Å². The van der Waals surface area contributed by atoms with Crippen molar-refractivity contribution in [3.8, 4) is 5.75 Å². The number of aliphatic hydroxyl groups excluding tert-OH is 1. The van der Waals surface area contributed by atoms with Crippen LogP contribution in [0.15, 0.2) is 58.8 Å². The van der Waals surface area contributed by atoms with Crippen molar-refractivity contribution in [2.24, 2.45) is 11.8 Å². The molecule has 1 aliphatic heterocycles. The number of sulfonamides is 1. The number of nitrogens with one attached hydrogen (secondary N) is 1. The number of aromatic hydroxyl groups is 1. The fourth-order valence-electron chi connectivity index (χ4n) is 6.22. The van der Waals surface area contributed by atoms with Gasteiger partial charge in [0.2, 0.25) is 15.9 Å². The average molecular weight is 714 g/mol. The third-order valence-electron chi connectivity index (χ3n) is 8.69. The molecular weight excluding hydrogens is 663 g/mol. The molecule has 3 aromatic rings. The predicted molar refractivity (Wildman–Crippen MR) is 192 cm³/mol. The molecule has 0 radical (unpaired) electrons. The van der Waals surface area contributed by atoms with Crippen LogP contribution in [0.2, 0.25) is 0 Å². The molecule has 268 valence electrons. The first kappa shape index (κ1) is 38.3. The van der Waals surface area contributed by atoms with Gasteiger partial charge in [-0.1, -0.05) is 71.9 Å². The van der Waals surface area contributed by atoms with Gasteiger partial charge in [0.15, 0.2) is 0 Å². The van der Waals surface area contributed by atoms with Crippen LogP contribution in [-0.4, -0.2) is 94.0 Å². The Balaban J connectivity index is 1.59. The molecule has 2 aromatic carbocycles. The second kappa shape index (κ2) is 16.5. The molecule has 3 amide bonds. The van der Waals surface area contributed by atoms with Gasteiger partial charge in [-0.3, -0.25) is 4.79 Å². The Labute approximate surface area is 295 Å². The van der Waals surface area contributed by atoms with E-state index in [0.717, 1.165) is 16.3 Å². The van der Waals surface area contributed by atoms with E-state index in [0.29, 0.717) is 25.2 Å². The van der Waals surface area contributed by atoms with Crippen LogP contribution in [0.25, 0.3) is 0 Å². The van der Waals surface area contributed by atoms with Crippen molar-refractivity contribution in [3.63, 3.8) is 0 Å². The summed E-state index contributed by atoms with van der Waals surface area (Å²) in [6.45, 7) is 14.3. The zero-order chi connectivity index (χ0) is 36.0. The molecule has 0 bridgehead atoms. The first-order valence-corrected chi connectivity index (χ1v) is 19.2. The molecule has 0 aliphatic carbocycles. The lowest BCUT2D eigenvalue weighted by molar-refractivity contribution is -0.128. The number of aromatic nitrogens is 1. The second-order valence-corrected chi connectivity index (χ2v) is 16.9. The van der Waals surface area contributed by atoms with Crippen LogP contribution < -0.4 is 5.32 Å². The summed E-state index contributed by atoms with van der Waals surface area (Å²) >= 11 is 1.52. The molecule has 1 fully saturated rings. The summed E-state index contributed by atoms with van der Waals surface area (Å²) < 4.78 is 29.4. The number of amides is 3. The Morgan fingerprint density at radius 1 is 1.04 bits per heavy atom. The zero-order valence-corrected chi connectivity index (χ0v) is 31.2. The Hall–Kier alpha value is -3.52. The number of benzene rings is 2. The summed E-state index contributed by atoms with van der Waals surface area (Å²) in [6, 6.07) is 11.7. The van der Waals surface area contributed by atoms with Gasteiger partial charge in [0.05, 0.1) is 34.3 Å². The molecule has 3 N–H and O–H groups in total. The monoisotopic (exact) mass is 713 g/mol. The smallest absolute Gasteiger partial charge is 0.321 e. The van der Waals surface area contributed by atoms with Crippen LogP contribution >= 0.6 is 11.3 Å². The first-order chi connectivity index (χ1) is 23.1. The van der Waals surface area contributed by atoms with E-state index in [4.69, 9.17) is 0 Å². The molecule has 0 saturated carbocycles. The summed E-state index contributed by atoms with van der Waals surface area (Å²) in [5.41, 5.74) is 2.17. The number of aliphatic hydroxyl groups is 1. The zero-order valence-electron chi connectivity index (χ0n) is 29.5. The van der Waals surface area contributed by atoms with Crippen LogP contribution in [0.4, 0.5) is 4.79 Å². The van der Waals surface area contributed by atoms with Gasteiger partial charge in [-0.25, -0.2) is 18.2 Å². The first-order valence-electron chi connectivity index (χ1n) is 16.9. The van der Waals surface area contributed by atoms with E-state index < -0.39 is 34.1 Å². The molecule has 2 heterocycles. The highest BCUT2D eigenvalue weighted by Crippen LogP contribution is 2.30. The fourth-order valence-corrected chi connectivity index (χ4v) is 8.49. The van der Waals surface area contributed by atoms with Gasteiger partial charge in [-0.2, -0.15) is 4.31 Å². The number of urea groups is 1. The molecular formula is C36H51N5O6S2. The minimum absolute atomic E-state index is 0.0209. The van der Waals surface area contributed by atoms with Gasteiger partial charge in [-0.05, 0) is 60.4 Å². The van der Waals surface area contributed by atoms with E-state index in [2.05, 4.69) is 10.3 Å². The van der Waals surface area contributed by atoms with Crippen molar-refractivity contribution < 1.29 is 28.2 Å². The number of hydrogen-bond donors (Lipinski definition) is 3. The highest BCUT2D eigenvalue weighted by Gasteiger charge is 2.40. The highest BCUT2D eigenvalue weighted by atomic mass is 32.2. The quantitative estimate of drug-likeness (QED) is 0.190. The predicted octanol–water partition coefficient (Wildman–Crippen LogP) is 4.98. The number of phenolic OH excluding ortho intramolecular Hbond substituents is 1.